The van der Waals surface area contributed by atoms with E-state index in [9.17, 15) is 18.0 Å². The molecule has 3 rings (SSSR count). The van der Waals surface area contributed by atoms with Crippen LogP contribution in [0, 0.1) is 13.8 Å². The number of rotatable bonds is 4. The molecule has 1 fully saturated rings. The Hall–Kier alpha value is -2.23. The minimum atomic E-state index is -4.63. The highest BCUT2D eigenvalue weighted by Crippen LogP contribution is 2.27. The fourth-order valence-corrected chi connectivity index (χ4v) is 3.45. The maximum atomic E-state index is 12.8. The van der Waals surface area contributed by atoms with Crippen molar-refractivity contribution >= 4 is 11.7 Å². The number of nitrogens with zero attached hydrogens (tertiary/aromatic N) is 4. The van der Waals surface area contributed by atoms with E-state index in [-0.39, 0.29) is 30.2 Å². The molecule has 0 radical (unpaired) electrons. The van der Waals surface area contributed by atoms with Gasteiger partial charge in [-0.15, -0.1) is 5.10 Å². The van der Waals surface area contributed by atoms with Crippen LogP contribution in [-0.4, -0.2) is 44.1 Å². The smallest absolute Gasteiger partial charge is 0.352 e. The van der Waals surface area contributed by atoms with Gasteiger partial charge in [-0.3, -0.25) is 4.79 Å². The van der Waals surface area contributed by atoms with Crippen LogP contribution in [0.25, 0.3) is 5.78 Å². The number of alkyl halides is 3. The fourth-order valence-electron chi connectivity index (χ4n) is 3.45. The standard InChI is InChI=1S/C17H23F3N6O/c1-9-12(6-7-14(27)23-13-5-4-8-21-10(13)2)11(3)26-16(22-9)24-15(25-26)17(18,19)20/h10,13,21H,4-8H2,1-3H3,(H,23,27). The van der Waals surface area contributed by atoms with Crippen molar-refractivity contribution in [3.63, 3.8) is 0 Å². The molecule has 27 heavy (non-hydrogen) atoms. The summed E-state index contributed by atoms with van der Waals surface area (Å²) in [6, 6.07) is 0.318. The topological polar surface area (TPSA) is 84.2 Å². The summed E-state index contributed by atoms with van der Waals surface area (Å²) in [5.41, 5.74) is 1.79. The number of piperidine rings is 1. The minimum absolute atomic E-state index is 0.0796. The van der Waals surface area contributed by atoms with Crippen LogP contribution in [0.4, 0.5) is 13.2 Å². The molecule has 0 bridgehead atoms. The fraction of sp³-hybridized carbons (Fsp3) is 0.647. The second kappa shape index (κ2) is 7.41. The molecular weight excluding hydrogens is 361 g/mol. The second-order valence-electron chi connectivity index (χ2n) is 6.97. The third-order valence-corrected chi connectivity index (χ3v) is 5.01. The van der Waals surface area contributed by atoms with E-state index in [1.54, 1.807) is 13.8 Å². The van der Waals surface area contributed by atoms with Crippen molar-refractivity contribution in [2.45, 2.75) is 64.7 Å². The predicted molar refractivity (Wildman–Crippen MR) is 92.2 cm³/mol. The molecular formula is C17H23F3N6O. The lowest BCUT2D eigenvalue weighted by Gasteiger charge is -2.30. The Balaban J connectivity index is 1.73. The summed E-state index contributed by atoms with van der Waals surface area (Å²) in [7, 11) is 0. The van der Waals surface area contributed by atoms with Gasteiger partial charge in [-0.2, -0.15) is 18.2 Å². The van der Waals surface area contributed by atoms with Gasteiger partial charge in [0.25, 0.3) is 11.6 Å². The largest absolute Gasteiger partial charge is 0.453 e. The Labute approximate surface area is 154 Å². The molecule has 0 spiro atoms. The van der Waals surface area contributed by atoms with E-state index < -0.39 is 12.0 Å². The highest BCUT2D eigenvalue weighted by atomic mass is 19.4. The summed E-state index contributed by atoms with van der Waals surface area (Å²) >= 11 is 0. The third-order valence-electron chi connectivity index (χ3n) is 5.01. The van der Waals surface area contributed by atoms with E-state index in [0.29, 0.717) is 23.4 Å². The zero-order valence-corrected chi connectivity index (χ0v) is 15.5. The monoisotopic (exact) mass is 384 g/mol. The van der Waals surface area contributed by atoms with Crippen LogP contribution in [0.2, 0.25) is 0 Å². The first-order valence-electron chi connectivity index (χ1n) is 8.99. The number of aromatic nitrogens is 4. The molecule has 10 heteroatoms. The van der Waals surface area contributed by atoms with Crippen molar-refractivity contribution in [2.75, 3.05) is 6.54 Å². The van der Waals surface area contributed by atoms with Gasteiger partial charge in [0.2, 0.25) is 5.91 Å². The summed E-state index contributed by atoms with van der Waals surface area (Å²) in [6.45, 7) is 6.36. The second-order valence-corrected chi connectivity index (χ2v) is 6.97. The number of amides is 1. The Morgan fingerprint density at radius 1 is 1.33 bits per heavy atom. The van der Waals surface area contributed by atoms with Gasteiger partial charge in [0.05, 0.1) is 0 Å². The average Bonchev–Trinajstić information content (AvgIpc) is 3.01. The first kappa shape index (κ1) is 19.5. The molecule has 0 aliphatic carbocycles. The van der Waals surface area contributed by atoms with Gasteiger partial charge in [0.1, 0.15) is 0 Å². The summed E-state index contributed by atoms with van der Waals surface area (Å²) < 4.78 is 39.6. The Bertz CT molecular complexity index is 847. The van der Waals surface area contributed by atoms with Gasteiger partial charge >= 0.3 is 6.18 Å². The van der Waals surface area contributed by atoms with Gasteiger partial charge in [-0.25, -0.2) is 9.50 Å². The third kappa shape index (κ3) is 4.20. The molecule has 2 unspecified atom stereocenters. The van der Waals surface area contributed by atoms with Crippen LogP contribution < -0.4 is 10.6 Å². The lowest BCUT2D eigenvalue weighted by molar-refractivity contribution is -0.144. The lowest BCUT2D eigenvalue weighted by atomic mass is 9.99. The van der Waals surface area contributed by atoms with Gasteiger partial charge in [0.15, 0.2) is 0 Å². The maximum Gasteiger partial charge on any atom is 0.453 e. The number of fused-ring (bicyclic) bond motifs is 1. The normalized spacial score (nSPS) is 20.8. The molecule has 1 aliphatic heterocycles. The number of carbonyl (C=O) groups is 1. The number of carbonyl (C=O) groups excluding carboxylic acids is 1. The molecule has 1 amide bonds. The molecule has 0 aromatic carbocycles. The number of hydrogen-bond donors (Lipinski definition) is 2. The molecule has 1 aliphatic rings. The van der Waals surface area contributed by atoms with Crippen LogP contribution in [0.15, 0.2) is 0 Å². The van der Waals surface area contributed by atoms with Crippen LogP contribution >= 0.6 is 0 Å². The molecule has 7 nitrogen and oxygen atoms in total. The summed E-state index contributed by atoms with van der Waals surface area (Å²) in [5.74, 6) is -1.39. The maximum absolute atomic E-state index is 12.8. The van der Waals surface area contributed by atoms with E-state index in [4.69, 9.17) is 0 Å². The molecule has 2 aromatic rings. The Morgan fingerprint density at radius 3 is 2.74 bits per heavy atom. The van der Waals surface area contributed by atoms with E-state index in [0.717, 1.165) is 23.9 Å². The summed E-state index contributed by atoms with van der Waals surface area (Å²) in [4.78, 5) is 19.9. The average molecular weight is 384 g/mol. The zero-order chi connectivity index (χ0) is 19.8. The number of aryl methyl sites for hydroxylation is 2. The molecule has 2 N–H and O–H groups in total. The number of halogens is 3. The highest BCUT2D eigenvalue weighted by molar-refractivity contribution is 5.76. The van der Waals surface area contributed by atoms with Gasteiger partial charge in [0, 0.05) is 29.9 Å². The molecule has 148 valence electrons. The van der Waals surface area contributed by atoms with Crippen LogP contribution in [0.3, 0.4) is 0 Å². The zero-order valence-electron chi connectivity index (χ0n) is 15.5. The summed E-state index contributed by atoms with van der Waals surface area (Å²) in [6.07, 6.45) is -2.06. The van der Waals surface area contributed by atoms with Gasteiger partial charge in [-0.05, 0) is 52.1 Å². The molecule has 2 atom stereocenters. The summed E-state index contributed by atoms with van der Waals surface area (Å²) in [5, 5.41) is 9.89. The van der Waals surface area contributed by atoms with Crippen molar-refractivity contribution < 1.29 is 18.0 Å². The van der Waals surface area contributed by atoms with E-state index >= 15 is 0 Å². The van der Waals surface area contributed by atoms with E-state index in [1.165, 1.54) is 0 Å². The quantitative estimate of drug-likeness (QED) is 0.842. The Kier molecular flexibility index (Phi) is 5.36. The van der Waals surface area contributed by atoms with Crippen molar-refractivity contribution in [1.82, 2.24) is 30.2 Å². The SMILES string of the molecule is Cc1nc2nc(C(F)(F)F)nn2c(C)c1CCC(=O)NC1CCCNC1C. The lowest BCUT2D eigenvalue weighted by Crippen LogP contribution is -2.51. The molecule has 3 heterocycles. The van der Waals surface area contributed by atoms with Gasteiger partial charge < -0.3 is 10.6 Å². The van der Waals surface area contributed by atoms with E-state index in [1.807, 2.05) is 6.92 Å². The van der Waals surface area contributed by atoms with Crippen molar-refractivity contribution in [3.05, 3.63) is 22.8 Å². The van der Waals surface area contributed by atoms with Crippen LogP contribution in [0.1, 0.15) is 49.0 Å². The molecule has 0 saturated carbocycles. The van der Waals surface area contributed by atoms with Crippen molar-refractivity contribution in [2.24, 2.45) is 0 Å². The van der Waals surface area contributed by atoms with Crippen LogP contribution in [0.5, 0.6) is 0 Å². The first-order chi connectivity index (χ1) is 12.7. The predicted octanol–water partition coefficient (Wildman–Crippen LogP) is 1.95. The van der Waals surface area contributed by atoms with E-state index in [2.05, 4.69) is 25.7 Å². The van der Waals surface area contributed by atoms with Crippen molar-refractivity contribution in [3.8, 4) is 0 Å². The number of nitrogens with one attached hydrogen (secondary N) is 2. The highest BCUT2D eigenvalue weighted by Gasteiger charge is 2.37. The molecule has 2 aromatic heterocycles. The number of hydrogen-bond acceptors (Lipinski definition) is 5. The molecule has 1 saturated heterocycles. The minimum Gasteiger partial charge on any atom is -0.352 e. The van der Waals surface area contributed by atoms with Crippen LogP contribution in [-0.2, 0) is 17.4 Å². The van der Waals surface area contributed by atoms with Gasteiger partial charge in [-0.1, -0.05) is 0 Å². The Morgan fingerprint density at radius 2 is 2.07 bits per heavy atom. The van der Waals surface area contributed by atoms with Crippen molar-refractivity contribution in [1.29, 1.82) is 0 Å². The first-order valence-corrected chi connectivity index (χ1v) is 8.99.